The zero-order chi connectivity index (χ0) is 17.9. The van der Waals surface area contributed by atoms with Crippen LogP contribution in [-0.4, -0.2) is 38.7 Å². The van der Waals surface area contributed by atoms with Crippen LogP contribution in [0.2, 0.25) is 0 Å². The third kappa shape index (κ3) is 3.57. The average Bonchev–Trinajstić information content (AvgIpc) is 3.34. The SMILES string of the molecule is CC1CCN(c2cncnc2-n2cc(NC(=O)C3CCCC3)cn2)CC1. The predicted octanol–water partition coefficient (Wildman–Crippen LogP) is 3.03. The molecule has 1 amide bonds. The van der Waals surface area contributed by atoms with Crippen LogP contribution in [0.5, 0.6) is 0 Å². The first-order valence-corrected chi connectivity index (χ1v) is 9.61. The third-order valence-electron chi connectivity index (χ3n) is 5.59. The molecule has 2 aromatic rings. The molecule has 138 valence electrons. The summed E-state index contributed by atoms with van der Waals surface area (Å²) >= 11 is 0. The minimum absolute atomic E-state index is 0.106. The highest BCUT2D eigenvalue weighted by Gasteiger charge is 2.24. The van der Waals surface area contributed by atoms with Gasteiger partial charge in [0.1, 0.15) is 12.0 Å². The van der Waals surface area contributed by atoms with E-state index in [2.05, 4.69) is 32.2 Å². The topological polar surface area (TPSA) is 75.9 Å². The normalized spacial score (nSPS) is 19.0. The van der Waals surface area contributed by atoms with Crippen LogP contribution in [-0.2, 0) is 4.79 Å². The number of anilines is 2. The van der Waals surface area contributed by atoms with E-state index in [0.717, 1.165) is 61.9 Å². The van der Waals surface area contributed by atoms with Crippen molar-refractivity contribution in [2.24, 2.45) is 11.8 Å². The first-order valence-electron chi connectivity index (χ1n) is 9.61. The Bertz CT molecular complexity index is 759. The smallest absolute Gasteiger partial charge is 0.227 e. The highest BCUT2D eigenvalue weighted by atomic mass is 16.1. The molecule has 0 unspecified atom stereocenters. The molecule has 0 radical (unpaired) electrons. The van der Waals surface area contributed by atoms with E-state index in [1.807, 2.05) is 12.4 Å². The van der Waals surface area contributed by atoms with Crippen molar-refractivity contribution in [3.8, 4) is 5.82 Å². The van der Waals surface area contributed by atoms with Crippen molar-refractivity contribution < 1.29 is 4.79 Å². The Labute approximate surface area is 153 Å². The first kappa shape index (κ1) is 17.0. The number of nitrogens with one attached hydrogen (secondary N) is 1. The molecule has 7 heteroatoms. The van der Waals surface area contributed by atoms with Crippen LogP contribution in [0.15, 0.2) is 24.9 Å². The number of aromatic nitrogens is 4. The van der Waals surface area contributed by atoms with Crippen molar-refractivity contribution in [3.05, 3.63) is 24.9 Å². The first-order chi connectivity index (χ1) is 12.7. The minimum atomic E-state index is 0.106. The maximum absolute atomic E-state index is 12.3. The number of rotatable bonds is 4. The molecular weight excluding hydrogens is 328 g/mol. The second kappa shape index (κ2) is 7.43. The maximum atomic E-state index is 12.3. The van der Waals surface area contributed by atoms with E-state index in [1.165, 1.54) is 12.8 Å². The van der Waals surface area contributed by atoms with E-state index in [1.54, 1.807) is 17.2 Å². The van der Waals surface area contributed by atoms with Crippen LogP contribution in [0, 0.1) is 11.8 Å². The van der Waals surface area contributed by atoms with Gasteiger partial charge in [-0.05, 0) is 31.6 Å². The number of hydrogen-bond acceptors (Lipinski definition) is 5. The lowest BCUT2D eigenvalue weighted by Crippen LogP contribution is -2.33. The fourth-order valence-electron chi connectivity index (χ4n) is 3.90. The van der Waals surface area contributed by atoms with Gasteiger partial charge in [0.25, 0.3) is 0 Å². The monoisotopic (exact) mass is 354 g/mol. The summed E-state index contributed by atoms with van der Waals surface area (Å²) in [7, 11) is 0. The van der Waals surface area contributed by atoms with Crippen LogP contribution < -0.4 is 10.2 Å². The van der Waals surface area contributed by atoms with E-state index < -0.39 is 0 Å². The summed E-state index contributed by atoms with van der Waals surface area (Å²) in [5.74, 6) is 1.77. The van der Waals surface area contributed by atoms with Gasteiger partial charge in [0.2, 0.25) is 5.91 Å². The van der Waals surface area contributed by atoms with Gasteiger partial charge >= 0.3 is 0 Å². The maximum Gasteiger partial charge on any atom is 0.227 e. The van der Waals surface area contributed by atoms with Crippen molar-refractivity contribution >= 4 is 17.3 Å². The van der Waals surface area contributed by atoms with E-state index in [0.29, 0.717) is 0 Å². The molecule has 4 rings (SSSR count). The number of amides is 1. The molecular formula is C19H26N6O. The molecule has 7 nitrogen and oxygen atoms in total. The lowest BCUT2D eigenvalue weighted by Gasteiger charge is -2.32. The fourth-order valence-corrected chi connectivity index (χ4v) is 3.90. The summed E-state index contributed by atoms with van der Waals surface area (Å²) in [5, 5.41) is 7.42. The molecule has 0 bridgehead atoms. The van der Waals surface area contributed by atoms with E-state index in [-0.39, 0.29) is 11.8 Å². The molecule has 3 heterocycles. The zero-order valence-electron chi connectivity index (χ0n) is 15.3. The number of carbonyl (C=O) groups is 1. The molecule has 0 spiro atoms. The second-order valence-electron chi connectivity index (χ2n) is 7.55. The summed E-state index contributed by atoms with van der Waals surface area (Å²) in [4.78, 5) is 23.3. The van der Waals surface area contributed by atoms with Crippen LogP contribution >= 0.6 is 0 Å². The van der Waals surface area contributed by atoms with Crippen molar-refractivity contribution in [2.45, 2.75) is 45.4 Å². The lowest BCUT2D eigenvalue weighted by atomic mass is 9.99. The van der Waals surface area contributed by atoms with Crippen LogP contribution in [0.4, 0.5) is 11.4 Å². The fraction of sp³-hybridized carbons (Fsp3) is 0.579. The average molecular weight is 354 g/mol. The largest absolute Gasteiger partial charge is 0.367 e. The molecule has 1 aliphatic heterocycles. The van der Waals surface area contributed by atoms with Crippen LogP contribution in [0.1, 0.15) is 45.4 Å². The number of nitrogens with zero attached hydrogens (tertiary/aromatic N) is 5. The minimum Gasteiger partial charge on any atom is -0.367 e. The van der Waals surface area contributed by atoms with Gasteiger partial charge in [-0.15, -0.1) is 0 Å². The quantitative estimate of drug-likeness (QED) is 0.913. The van der Waals surface area contributed by atoms with E-state index in [9.17, 15) is 4.79 Å². The molecule has 2 fully saturated rings. The Hall–Kier alpha value is -2.44. The van der Waals surface area contributed by atoms with Gasteiger partial charge in [-0.3, -0.25) is 4.79 Å². The van der Waals surface area contributed by atoms with Gasteiger partial charge in [0, 0.05) is 19.0 Å². The Kier molecular flexibility index (Phi) is 4.86. The van der Waals surface area contributed by atoms with Crippen LogP contribution in [0.25, 0.3) is 5.82 Å². The molecule has 2 aliphatic rings. The lowest BCUT2D eigenvalue weighted by molar-refractivity contribution is -0.119. The molecule has 0 atom stereocenters. The van der Waals surface area contributed by atoms with Gasteiger partial charge in [-0.1, -0.05) is 19.8 Å². The number of hydrogen-bond donors (Lipinski definition) is 1. The molecule has 1 N–H and O–H groups in total. The summed E-state index contributed by atoms with van der Waals surface area (Å²) in [6.45, 7) is 4.31. The third-order valence-corrected chi connectivity index (χ3v) is 5.59. The Balaban J connectivity index is 1.51. The summed E-state index contributed by atoms with van der Waals surface area (Å²) in [6.07, 6.45) is 13.6. The standard InChI is InChI=1S/C19H26N6O/c1-14-6-8-24(9-7-14)17-11-20-13-21-18(17)25-12-16(10-22-25)23-19(26)15-4-2-3-5-15/h10-15H,2-9H2,1H3,(H,23,26). The Morgan fingerprint density at radius 1 is 1.15 bits per heavy atom. The number of piperidine rings is 1. The van der Waals surface area contributed by atoms with Crippen molar-refractivity contribution in [1.29, 1.82) is 0 Å². The molecule has 2 aromatic heterocycles. The molecule has 1 aliphatic carbocycles. The van der Waals surface area contributed by atoms with Gasteiger partial charge in [-0.25, -0.2) is 14.6 Å². The van der Waals surface area contributed by atoms with Gasteiger partial charge in [0.05, 0.1) is 24.3 Å². The van der Waals surface area contributed by atoms with Crippen LogP contribution in [0.3, 0.4) is 0 Å². The molecule has 26 heavy (non-hydrogen) atoms. The molecule has 1 saturated carbocycles. The molecule has 1 saturated heterocycles. The highest BCUT2D eigenvalue weighted by Crippen LogP contribution is 2.28. The Morgan fingerprint density at radius 2 is 1.92 bits per heavy atom. The summed E-state index contributed by atoms with van der Waals surface area (Å²) in [6, 6.07) is 0. The van der Waals surface area contributed by atoms with Crippen molar-refractivity contribution in [3.63, 3.8) is 0 Å². The van der Waals surface area contributed by atoms with Crippen molar-refractivity contribution in [1.82, 2.24) is 19.7 Å². The van der Waals surface area contributed by atoms with Crippen molar-refractivity contribution in [2.75, 3.05) is 23.3 Å². The van der Waals surface area contributed by atoms with Gasteiger partial charge in [-0.2, -0.15) is 5.10 Å². The zero-order valence-corrected chi connectivity index (χ0v) is 15.3. The molecule has 0 aromatic carbocycles. The second-order valence-corrected chi connectivity index (χ2v) is 7.55. The van der Waals surface area contributed by atoms with Gasteiger partial charge in [0.15, 0.2) is 5.82 Å². The summed E-state index contributed by atoms with van der Waals surface area (Å²) in [5.41, 5.74) is 1.72. The van der Waals surface area contributed by atoms with Gasteiger partial charge < -0.3 is 10.2 Å². The predicted molar refractivity (Wildman–Crippen MR) is 100 cm³/mol. The van der Waals surface area contributed by atoms with E-state index in [4.69, 9.17) is 0 Å². The van der Waals surface area contributed by atoms with E-state index >= 15 is 0 Å². The summed E-state index contributed by atoms with van der Waals surface area (Å²) < 4.78 is 1.74. The Morgan fingerprint density at radius 3 is 2.69 bits per heavy atom. The highest BCUT2D eigenvalue weighted by molar-refractivity contribution is 5.92. The number of carbonyl (C=O) groups excluding carboxylic acids is 1.